The Morgan fingerprint density at radius 2 is 2.41 bits per heavy atom. The van der Waals surface area contributed by atoms with E-state index >= 15 is 0 Å². The molecule has 1 atom stereocenters. The molecular weight excluding hydrogens is 240 g/mol. The monoisotopic (exact) mass is 254 g/mol. The van der Waals surface area contributed by atoms with E-state index in [-0.39, 0.29) is 5.91 Å². The number of rotatable bonds is 2. The molecule has 1 aliphatic rings. The first kappa shape index (κ1) is 12.3. The lowest BCUT2D eigenvalue weighted by Gasteiger charge is -2.15. The van der Waals surface area contributed by atoms with Gasteiger partial charge in [0.15, 0.2) is 0 Å². The number of likely N-dealkylation sites (tertiary alicyclic amines) is 1. The molecule has 0 aromatic carbocycles. The van der Waals surface area contributed by atoms with E-state index in [1.54, 1.807) is 17.0 Å². The second kappa shape index (κ2) is 5.02. The summed E-state index contributed by atoms with van der Waals surface area (Å²) < 4.78 is 0. The molecular formula is C12H15ClN2O2. The van der Waals surface area contributed by atoms with Gasteiger partial charge in [-0.2, -0.15) is 0 Å². The predicted octanol–water partition coefficient (Wildman–Crippen LogP) is 1.50. The first-order chi connectivity index (χ1) is 8.10. The molecule has 1 aliphatic heterocycles. The highest BCUT2D eigenvalue weighted by atomic mass is 35.5. The number of aliphatic hydroxyl groups excluding tert-OH is 1. The molecule has 5 heteroatoms. The maximum absolute atomic E-state index is 12.1. The van der Waals surface area contributed by atoms with Crippen LogP contribution in [0.25, 0.3) is 0 Å². The van der Waals surface area contributed by atoms with Crippen molar-refractivity contribution in [2.45, 2.75) is 25.9 Å². The van der Waals surface area contributed by atoms with Gasteiger partial charge in [0.2, 0.25) is 0 Å². The van der Waals surface area contributed by atoms with Crippen LogP contribution in [0.1, 0.15) is 29.4 Å². The predicted molar refractivity (Wildman–Crippen MR) is 65.2 cm³/mol. The molecule has 0 saturated carbocycles. The standard InChI is InChI=1S/C12H15ClN2O2/c1-2-9-5-8(6-11(13)14-9)12(17)15-4-3-10(16)7-15/h5-6,10,16H,2-4,7H2,1H3/t10-/m1/s1. The van der Waals surface area contributed by atoms with Crippen molar-refractivity contribution in [3.63, 3.8) is 0 Å². The Balaban J connectivity index is 2.21. The van der Waals surface area contributed by atoms with Crippen molar-refractivity contribution >= 4 is 17.5 Å². The zero-order chi connectivity index (χ0) is 12.4. The third kappa shape index (κ3) is 2.76. The summed E-state index contributed by atoms with van der Waals surface area (Å²) in [4.78, 5) is 17.9. The molecule has 0 unspecified atom stereocenters. The minimum absolute atomic E-state index is 0.0828. The van der Waals surface area contributed by atoms with Crippen LogP contribution in [0.2, 0.25) is 5.15 Å². The van der Waals surface area contributed by atoms with E-state index in [0.29, 0.717) is 30.2 Å². The van der Waals surface area contributed by atoms with Crippen LogP contribution in [-0.2, 0) is 6.42 Å². The maximum atomic E-state index is 12.1. The molecule has 1 aromatic rings. The van der Waals surface area contributed by atoms with Gasteiger partial charge in [0.05, 0.1) is 6.10 Å². The lowest BCUT2D eigenvalue weighted by Crippen LogP contribution is -2.29. The third-order valence-electron chi connectivity index (χ3n) is 2.91. The van der Waals surface area contributed by atoms with Crippen LogP contribution in [0.4, 0.5) is 0 Å². The Hall–Kier alpha value is -1.13. The van der Waals surface area contributed by atoms with Gasteiger partial charge in [-0.1, -0.05) is 18.5 Å². The molecule has 1 aromatic heterocycles. The number of aliphatic hydroxyl groups is 1. The lowest BCUT2D eigenvalue weighted by atomic mass is 10.2. The fraction of sp³-hybridized carbons (Fsp3) is 0.500. The first-order valence-electron chi connectivity index (χ1n) is 5.74. The second-order valence-electron chi connectivity index (χ2n) is 4.22. The first-order valence-corrected chi connectivity index (χ1v) is 6.11. The molecule has 0 spiro atoms. The van der Waals surface area contributed by atoms with Gasteiger partial charge in [-0.05, 0) is 25.0 Å². The molecule has 1 N–H and O–H groups in total. The quantitative estimate of drug-likeness (QED) is 0.814. The highest BCUT2D eigenvalue weighted by Gasteiger charge is 2.25. The van der Waals surface area contributed by atoms with Gasteiger partial charge in [0, 0.05) is 24.3 Å². The summed E-state index contributed by atoms with van der Waals surface area (Å²) in [5.41, 5.74) is 1.36. The van der Waals surface area contributed by atoms with Crippen molar-refractivity contribution in [3.05, 3.63) is 28.5 Å². The van der Waals surface area contributed by atoms with Crippen LogP contribution in [0.3, 0.4) is 0 Å². The summed E-state index contributed by atoms with van der Waals surface area (Å²) in [6, 6.07) is 3.34. The van der Waals surface area contributed by atoms with E-state index in [2.05, 4.69) is 4.98 Å². The van der Waals surface area contributed by atoms with Crippen molar-refractivity contribution in [2.24, 2.45) is 0 Å². The summed E-state index contributed by atoms with van der Waals surface area (Å²) in [6.45, 7) is 2.97. The second-order valence-corrected chi connectivity index (χ2v) is 4.60. The average Bonchev–Trinajstić information content (AvgIpc) is 2.74. The van der Waals surface area contributed by atoms with Crippen LogP contribution in [0.5, 0.6) is 0 Å². The number of hydrogen-bond acceptors (Lipinski definition) is 3. The molecule has 0 bridgehead atoms. The Bertz CT molecular complexity index is 437. The topological polar surface area (TPSA) is 53.4 Å². The van der Waals surface area contributed by atoms with E-state index in [0.717, 1.165) is 12.1 Å². The number of nitrogens with zero attached hydrogens (tertiary/aromatic N) is 2. The minimum atomic E-state index is -0.401. The van der Waals surface area contributed by atoms with Crippen LogP contribution >= 0.6 is 11.6 Å². The van der Waals surface area contributed by atoms with Crippen LogP contribution < -0.4 is 0 Å². The van der Waals surface area contributed by atoms with Crippen LogP contribution in [-0.4, -0.2) is 40.1 Å². The van der Waals surface area contributed by atoms with Crippen LogP contribution in [0, 0.1) is 0 Å². The molecule has 2 heterocycles. The van der Waals surface area contributed by atoms with Crippen molar-refractivity contribution in [1.82, 2.24) is 9.88 Å². The van der Waals surface area contributed by atoms with Gasteiger partial charge in [-0.25, -0.2) is 4.98 Å². The van der Waals surface area contributed by atoms with Crippen molar-refractivity contribution < 1.29 is 9.90 Å². The molecule has 0 radical (unpaired) electrons. The van der Waals surface area contributed by atoms with E-state index < -0.39 is 6.10 Å². The van der Waals surface area contributed by atoms with Gasteiger partial charge < -0.3 is 10.0 Å². The normalized spacial score (nSPS) is 19.7. The average molecular weight is 255 g/mol. The molecule has 17 heavy (non-hydrogen) atoms. The van der Waals surface area contributed by atoms with Gasteiger partial charge in [-0.3, -0.25) is 4.79 Å². The number of hydrogen-bond donors (Lipinski definition) is 1. The van der Waals surface area contributed by atoms with E-state index in [9.17, 15) is 9.90 Å². The number of pyridine rings is 1. The fourth-order valence-electron chi connectivity index (χ4n) is 1.96. The largest absolute Gasteiger partial charge is 0.391 e. The number of β-amino-alcohol motifs (C(OH)–C–C–N with tert-alkyl or cyclic N) is 1. The number of halogens is 1. The molecule has 4 nitrogen and oxygen atoms in total. The van der Waals surface area contributed by atoms with Gasteiger partial charge in [-0.15, -0.1) is 0 Å². The Morgan fingerprint density at radius 1 is 1.65 bits per heavy atom. The number of amides is 1. The minimum Gasteiger partial charge on any atom is -0.391 e. The van der Waals surface area contributed by atoms with Crippen molar-refractivity contribution in [1.29, 1.82) is 0 Å². The molecule has 1 fully saturated rings. The molecule has 1 amide bonds. The highest BCUT2D eigenvalue weighted by molar-refractivity contribution is 6.29. The van der Waals surface area contributed by atoms with E-state index in [4.69, 9.17) is 11.6 Å². The smallest absolute Gasteiger partial charge is 0.254 e. The number of aryl methyl sites for hydroxylation is 1. The number of aromatic nitrogens is 1. The van der Waals surface area contributed by atoms with E-state index in [1.165, 1.54) is 0 Å². The zero-order valence-corrected chi connectivity index (χ0v) is 10.4. The Labute approximate surface area is 105 Å². The maximum Gasteiger partial charge on any atom is 0.254 e. The summed E-state index contributed by atoms with van der Waals surface area (Å²) in [5, 5.41) is 9.76. The van der Waals surface area contributed by atoms with Crippen molar-refractivity contribution in [3.8, 4) is 0 Å². The Kier molecular flexibility index (Phi) is 3.64. The van der Waals surface area contributed by atoms with E-state index in [1.807, 2.05) is 6.92 Å². The Morgan fingerprint density at radius 3 is 3.00 bits per heavy atom. The SMILES string of the molecule is CCc1cc(C(=O)N2CC[C@@H](O)C2)cc(Cl)n1. The van der Waals surface area contributed by atoms with Gasteiger partial charge in [0.25, 0.3) is 5.91 Å². The highest BCUT2D eigenvalue weighted by Crippen LogP contribution is 2.17. The zero-order valence-electron chi connectivity index (χ0n) is 9.69. The summed E-state index contributed by atoms with van der Waals surface area (Å²) in [7, 11) is 0. The fourth-order valence-corrected chi connectivity index (χ4v) is 2.19. The molecule has 2 rings (SSSR count). The molecule has 92 valence electrons. The van der Waals surface area contributed by atoms with Crippen molar-refractivity contribution in [2.75, 3.05) is 13.1 Å². The summed E-state index contributed by atoms with van der Waals surface area (Å²) >= 11 is 5.88. The summed E-state index contributed by atoms with van der Waals surface area (Å²) in [6.07, 6.45) is 0.983. The van der Waals surface area contributed by atoms with Gasteiger partial charge >= 0.3 is 0 Å². The lowest BCUT2D eigenvalue weighted by molar-refractivity contribution is 0.0764. The third-order valence-corrected chi connectivity index (χ3v) is 3.10. The van der Waals surface area contributed by atoms with Gasteiger partial charge in [0.1, 0.15) is 5.15 Å². The summed E-state index contributed by atoms with van der Waals surface area (Å²) in [5.74, 6) is -0.0828. The number of carbonyl (C=O) groups excluding carboxylic acids is 1. The number of carbonyl (C=O) groups is 1. The molecule has 0 aliphatic carbocycles. The molecule has 1 saturated heterocycles. The van der Waals surface area contributed by atoms with Crippen LogP contribution in [0.15, 0.2) is 12.1 Å².